The Morgan fingerprint density at radius 3 is 2.27 bits per heavy atom. The molecule has 0 radical (unpaired) electrons. The van der Waals surface area contributed by atoms with Crippen LogP contribution in [0.4, 0.5) is 5.69 Å². The molecule has 0 spiro atoms. The van der Waals surface area contributed by atoms with Crippen molar-refractivity contribution in [3.63, 3.8) is 0 Å². The summed E-state index contributed by atoms with van der Waals surface area (Å²) < 4.78 is 0. The first-order valence-corrected chi connectivity index (χ1v) is 11.9. The molecule has 7 rings (SSSR count). The van der Waals surface area contributed by atoms with E-state index in [1.54, 1.807) is 24.3 Å². The van der Waals surface area contributed by atoms with Crippen molar-refractivity contribution in [1.29, 1.82) is 0 Å². The number of halogens is 1. The molecule has 1 heterocycles. The Labute approximate surface area is 198 Å². The van der Waals surface area contributed by atoms with Crippen LogP contribution >= 0.6 is 11.6 Å². The Balaban J connectivity index is 1.38. The number of rotatable bonds is 4. The van der Waals surface area contributed by atoms with Gasteiger partial charge in [-0.05, 0) is 73.3 Å². The Hall–Kier alpha value is -2.92. The van der Waals surface area contributed by atoms with Gasteiger partial charge in [0.2, 0.25) is 11.8 Å². The molecule has 5 nitrogen and oxygen atoms in total. The highest BCUT2D eigenvalue weighted by Gasteiger charge is 2.67. The molecule has 3 fully saturated rings. The highest BCUT2D eigenvalue weighted by molar-refractivity contribution is 6.34. The fourth-order valence-electron chi connectivity index (χ4n) is 6.34. The zero-order valence-electron chi connectivity index (χ0n) is 18.6. The molecule has 2 aromatic rings. The van der Waals surface area contributed by atoms with E-state index in [9.17, 15) is 14.4 Å². The molecule has 2 aromatic carbocycles. The van der Waals surface area contributed by atoms with Crippen LogP contribution in [-0.4, -0.2) is 29.3 Å². The maximum atomic E-state index is 13.7. The fraction of sp³-hybridized carbons (Fsp3) is 0.370. The number of hydrogen-bond donors (Lipinski definition) is 0. The van der Waals surface area contributed by atoms with E-state index in [-0.39, 0.29) is 48.1 Å². The second-order valence-corrected chi connectivity index (χ2v) is 10.3. The van der Waals surface area contributed by atoms with Gasteiger partial charge in [-0.1, -0.05) is 48.0 Å². The van der Waals surface area contributed by atoms with Crippen LogP contribution in [0.1, 0.15) is 27.9 Å². The highest BCUT2D eigenvalue weighted by Crippen LogP contribution is 2.65. The average molecular weight is 461 g/mol. The van der Waals surface area contributed by atoms with Gasteiger partial charge in [-0.15, -0.1) is 0 Å². The van der Waals surface area contributed by atoms with Crippen molar-refractivity contribution >= 4 is 35.0 Å². The van der Waals surface area contributed by atoms with Crippen LogP contribution in [-0.2, 0) is 9.59 Å². The second-order valence-electron chi connectivity index (χ2n) is 9.90. The monoisotopic (exact) mass is 460 g/mol. The van der Waals surface area contributed by atoms with Crippen molar-refractivity contribution in [2.75, 3.05) is 11.6 Å². The lowest BCUT2D eigenvalue weighted by molar-refractivity contribution is -0.140. The first-order valence-electron chi connectivity index (χ1n) is 11.5. The van der Waals surface area contributed by atoms with Gasteiger partial charge in [0, 0.05) is 5.69 Å². The summed E-state index contributed by atoms with van der Waals surface area (Å²) in [5.41, 5.74) is 2.90. The topological polar surface area (TPSA) is 57.7 Å². The number of carbonyl (C=O) groups is 3. The van der Waals surface area contributed by atoms with Crippen molar-refractivity contribution in [3.05, 3.63) is 76.3 Å². The van der Waals surface area contributed by atoms with Crippen LogP contribution in [0.15, 0.2) is 54.6 Å². The normalized spacial score (nSPS) is 30.9. The molecule has 5 aliphatic rings. The van der Waals surface area contributed by atoms with Crippen LogP contribution in [0.2, 0.25) is 5.02 Å². The van der Waals surface area contributed by atoms with Crippen LogP contribution < -0.4 is 4.90 Å². The van der Waals surface area contributed by atoms with E-state index < -0.39 is 0 Å². The molecule has 2 saturated carbocycles. The summed E-state index contributed by atoms with van der Waals surface area (Å²) >= 11 is 6.36. The summed E-state index contributed by atoms with van der Waals surface area (Å²) in [6, 6.07) is 12.7. The lowest BCUT2D eigenvalue weighted by Crippen LogP contribution is -2.45. The van der Waals surface area contributed by atoms with Crippen LogP contribution in [0.5, 0.6) is 0 Å². The van der Waals surface area contributed by atoms with E-state index in [0.717, 1.165) is 17.5 Å². The van der Waals surface area contributed by atoms with E-state index >= 15 is 0 Å². The van der Waals surface area contributed by atoms with Gasteiger partial charge in [0.25, 0.3) is 5.91 Å². The van der Waals surface area contributed by atoms with Gasteiger partial charge in [-0.3, -0.25) is 24.2 Å². The van der Waals surface area contributed by atoms with Gasteiger partial charge in [-0.2, -0.15) is 0 Å². The number of imide groups is 1. The largest absolute Gasteiger partial charge is 0.289 e. The molecule has 1 saturated heterocycles. The lowest BCUT2D eigenvalue weighted by atomic mass is 9.63. The van der Waals surface area contributed by atoms with Gasteiger partial charge in [-0.25, -0.2) is 0 Å². The van der Waals surface area contributed by atoms with Crippen LogP contribution in [0, 0.1) is 49.4 Å². The first kappa shape index (κ1) is 20.7. The van der Waals surface area contributed by atoms with E-state index in [4.69, 9.17) is 11.6 Å². The van der Waals surface area contributed by atoms with E-state index in [0.29, 0.717) is 28.1 Å². The SMILES string of the molecule is Cc1ccc(C)c(N(CN2C(=O)C3C4C=CC(C5CC45)C3C2=O)C(=O)c2ccccc2Cl)c1. The van der Waals surface area contributed by atoms with Gasteiger partial charge in [0.05, 0.1) is 22.4 Å². The molecule has 0 N–H and O–H groups in total. The zero-order chi connectivity index (χ0) is 23.0. The number of carbonyl (C=O) groups excluding carboxylic acids is 3. The first-order chi connectivity index (χ1) is 15.9. The summed E-state index contributed by atoms with van der Waals surface area (Å²) in [5.74, 6) is 0.206. The fourth-order valence-corrected chi connectivity index (χ4v) is 6.56. The summed E-state index contributed by atoms with van der Waals surface area (Å²) in [6.07, 6.45) is 5.44. The quantitative estimate of drug-likeness (QED) is 0.494. The molecule has 3 amide bonds. The zero-order valence-corrected chi connectivity index (χ0v) is 19.3. The Morgan fingerprint density at radius 2 is 1.64 bits per heavy atom. The van der Waals surface area contributed by atoms with Crippen molar-refractivity contribution in [2.45, 2.75) is 20.3 Å². The molecule has 4 aliphatic carbocycles. The van der Waals surface area contributed by atoms with Crippen LogP contribution in [0.25, 0.3) is 0 Å². The van der Waals surface area contributed by atoms with Gasteiger partial charge in [0.15, 0.2) is 0 Å². The minimum Gasteiger partial charge on any atom is -0.289 e. The molecule has 2 bridgehead atoms. The van der Waals surface area contributed by atoms with Crippen molar-refractivity contribution in [1.82, 2.24) is 4.90 Å². The molecular formula is C27H25ClN2O3. The number of benzene rings is 2. The number of anilines is 1. The molecular weight excluding hydrogens is 436 g/mol. The smallest absolute Gasteiger partial charge is 0.261 e. The molecule has 33 heavy (non-hydrogen) atoms. The third-order valence-electron chi connectivity index (χ3n) is 8.04. The summed E-state index contributed by atoms with van der Waals surface area (Å²) in [5, 5.41) is 0.341. The standard InChI is InChI=1S/C27H25ClN2O3/c1-14-7-8-15(2)22(11-14)29(25(31)18-5-3-4-6-21(18)28)13-30-26(32)23-16-9-10-17(20-12-19(16)20)24(23)27(30)33/h3-11,16-17,19-20,23-24H,12-13H2,1-2H3. The van der Waals surface area contributed by atoms with Crippen molar-refractivity contribution in [3.8, 4) is 0 Å². The van der Waals surface area contributed by atoms with E-state index in [1.165, 1.54) is 9.80 Å². The maximum Gasteiger partial charge on any atom is 0.261 e. The lowest BCUT2D eigenvalue weighted by Gasteiger charge is -2.37. The van der Waals surface area contributed by atoms with Crippen molar-refractivity contribution in [2.24, 2.45) is 35.5 Å². The predicted octanol–water partition coefficient (Wildman–Crippen LogP) is 4.61. The maximum absolute atomic E-state index is 13.7. The third kappa shape index (κ3) is 3.02. The number of likely N-dealkylation sites (tertiary alicyclic amines) is 1. The molecule has 0 aromatic heterocycles. The van der Waals surface area contributed by atoms with Crippen LogP contribution in [0.3, 0.4) is 0 Å². The Morgan fingerprint density at radius 1 is 1.00 bits per heavy atom. The minimum absolute atomic E-state index is 0.103. The average Bonchev–Trinajstić information content (AvgIpc) is 3.59. The molecule has 6 heteroatoms. The number of aryl methyl sites for hydroxylation is 2. The number of amides is 3. The minimum atomic E-state index is -0.325. The number of allylic oxidation sites excluding steroid dienone is 2. The predicted molar refractivity (Wildman–Crippen MR) is 126 cm³/mol. The highest BCUT2D eigenvalue weighted by atomic mass is 35.5. The third-order valence-corrected chi connectivity index (χ3v) is 8.37. The second kappa shape index (κ2) is 7.29. The number of nitrogens with zero attached hydrogens (tertiary/aromatic N) is 2. The number of hydrogen-bond acceptors (Lipinski definition) is 3. The van der Waals surface area contributed by atoms with Crippen molar-refractivity contribution < 1.29 is 14.4 Å². The molecule has 6 atom stereocenters. The Kier molecular flexibility index (Phi) is 4.57. The van der Waals surface area contributed by atoms with Gasteiger partial charge < -0.3 is 0 Å². The van der Waals surface area contributed by atoms with Gasteiger partial charge >= 0.3 is 0 Å². The summed E-state index contributed by atoms with van der Waals surface area (Å²) in [6.45, 7) is 3.78. The summed E-state index contributed by atoms with van der Waals surface area (Å²) in [7, 11) is 0. The molecule has 6 unspecified atom stereocenters. The molecule has 1 aliphatic heterocycles. The van der Waals surface area contributed by atoms with E-state index in [1.807, 2.05) is 32.0 Å². The Bertz CT molecular complexity index is 1200. The summed E-state index contributed by atoms with van der Waals surface area (Å²) in [4.78, 5) is 43.7. The van der Waals surface area contributed by atoms with E-state index in [2.05, 4.69) is 12.2 Å². The van der Waals surface area contributed by atoms with Gasteiger partial charge in [0.1, 0.15) is 6.67 Å². The molecule has 168 valence electrons.